The second-order valence-corrected chi connectivity index (χ2v) is 7.42. The fourth-order valence-corrected chi connectivity index (χ4v) is 3.15. The number of nitrogens with one attached hydrogen (secondary N) is 2. The van der Waals surface area contributed by atoms with E-state index >= 15 is 0 Å². The maximum atomic E-state index is 12.3. The average Bonchev–Trinajstić information content (AvgIpc) is 2.76. The Hall–Kier alpha value is -4.35. The molecule has 0 unspecified atom stereocenters. The lowest BCUT2D eigenvalue weighted by Crippen LogP contribution is -2.41. The second-order valence-electron chi connectivity index (χ2n) is 7.42. The summed E-state index contributed by atoms with van der Waals surface area (Å²) < 4.78 is 0. The number of carbonyl (C=O) groups excluding carboxylic acids is 1. The van der Waals surface area contributed by atoms with Crippen LogP contribution in [0.25, 0.3) is 10.9 Å². The van der Waals surface area contributed by atoms with Gasteiger partial charge in [-0.15, -0.1) is 0 Å². The van der Waals surface area contributed by atoms with E-state index in [0.717, 1.165) is 5.56 Å². The number of anilines is 1. The molecular formula is C21H22N6O6. The van der Waals surface area contributed by atoms with Crippen LogP contribution in [-0.2, 0) is 16.1 Å². The summed E-state index contributed by atoms with van der Waals surface area (Å²) in [6, 6.07) is 4.02. The van der Waals surface area contributed by atoms with Crippen molar-refractivity contribution in [1.29, 1.82) is 0 Å². The molecule has 0 aliphatic rings. The fraction of sp³-hybridized carbons (Fsp3) is 0.286. The van der Waals surface area contributed by atoms with Gasteiger partial charge in [0.15, 0.2) is 0 Å². The van der Waals surface area contributed by atoms with E-state index < -0.39 is 30.3 Å². The van der Waals surface area contributed by atoms with Gasteiger partial charge in [0.2, 0.25) is 5.82 Å². The van der Waals surface area contributed by atoms with Crippen LogP contribution in [0.5, 0.6) is 0 Å². The van der Waals surface area contributed by atoms with Crippen LogP contribution in [-0.4, -0.2) is 61.1 Å². The second kappa shape index (κ2) is 9.85. The van der Waals surface area contributed by atoms with Crippen LogP contribution >= 0.6 is 0 Å². The topological polar surface area (TPSA) is 178 Å². The molecule has 2 aromatic heterocycles. The van der Waals surface area contributed by atoms with Crippen LogP contribution in [0.1, 0.15) is 34.8 Å². The number of nitrogens with zero attached hydrogens (tertiary/aromatic N) is 4. The molecule has 3 aromatic rings. The predicted molar refractivity (Wildman–Crippen MR) is 117 cm³/mol. The van der Waals surface area contributed by atoms with Gasteiger partial charge >= 0.3 is 11.9 Å². The number of hydrogen-bond donors (Lipinski definition) is 4. The lowest BCUT2D eigenvalue weighted by molar-refractivity contribution is -0.140. The van der Waals surface area contributed by atoms with Crippen LogP contribution in [0.3, 0.4) is 0 Å². The van der Waals surface area contributed by atoms with Crippen molar-refractivity contribution in [2.75, 3.05) is 11.9 Å². The van der Waals surface area contributed by atoms with Crippen LogP contribution in [0, 0.1) is 6.92 Å². The first kappa shape index (κ1) is 23.3. The number of carbonyl (C=O) groups is 3. The first-order valence-corrected chi connectivity index (χ1v) is 9.92. The minimum atomic E-state index is -1.37. The lowest BCUT2D eigenvalue weighted by Gasteiger charge is -2.19. The highest BCUT2D eigenvalue weighted by atomic mass is 16.4. The Bertz CT molecular complexity index is 1260. The summed E-state index contributed by atoms with van der Waals surface area (Å²) in [6.07, 6.45) is 2.15. The third-order valence-corrected chi connectivity index (χ3v) is 4.84. The summed E-state index contributed by atoms with van der Waals surface area (Å²) in [4.78, 5) is 63.1. The number of benzene rings is 1. The van der Waals surface area contributed by atoms with Crippen molar-refractivity contribution in [2.24, 2.45) is 0 Å². The van der Waals surface area contributed by atoms with Gasteiger partial charge in [0.05, 0.1) is 29.0 Å². The van der Waals surface area contributed by atoms with Gasteiger partial charge in [0.1, 0.15) is 11.9 Å². The van der Waals surface area contributed by atoms with Gasteiger partial charge in [0, 0.05) is 20.0 Å². The summed E-state index contributed by atoms with van der Waals surface area (Å²) in [7, 11) is 1.78. The molecule has 1 atom stereocenters. The number of aromatic nitrogens is 4. The number of aryl methyl sites for hydroxylation is 1. The van der Waals surface area contributed by atoms with Crippen LogP contribution in [0.2, 0.25) is 0 Å². The van der Waals surface area contributed by atoms with E-state index in [9.17, 15) is 19.2 Å². The molecule has 0 aliphatic carbocycles. The third-order valence-electron chi connectivity index (χ3n) is 4.84. The number of amides is 1. The summed E-state index contributed by atoms with van der Waals surface area (Å²) in [5.74, 6) is -3.04. The van der Waals surface area contributed by atoms with Crippen molar-refractivity contribution in [3.8, 4) is 0 Å². The number of hydrogen-bond acceptors (Lipinski definition) is 8. The maximum absolute atomic E-state index is 12.3. The van der Waals surface area contributed by atoms with E-state index in [-0.39, 0.29) is 17.8 Å². The Balaban J connectivity index is 1.68. The number of fused-ring (bicyclic) bond motifs is 1. The maximum Gasteiger partial charge on any atom is 0.326 e. The molecule has 0 fully saturated rings. The van der Waals surface area contributed by atoms with E-state index in [0.29, 0.717) is 29.0 Å². The number of carboxylic acids is 2. The molecule has 3 rings (SSSR count). The molecule has 1 aromatic carbocycles. The first-order chi connectivity index (χ1) is 15.6. The molecule has 4 N–H and O–H groups in total. The van der Waals surface area contributed by atoms with E-state index in [1.807, 2.05) is 11.0 Å². The zero-order valence-corrected chi connectivity index (χ0v) is 17.9. The Morgan fingerprint density at radius 2 is 1.88 bits per heavy atom. The lowest BCUT2D eigenvalue weighted by atomic mass is 10.1. The largest absolute Gasteiger partial charge is 0.481 e. The number of aromatic amines is 1. The third kappa shape index (κ3) is 5.87. The molecule has 12 heteroatoms. The van der Waals surface area contributed by atoms with Crippen molar-refractivity contribution in [2.45, 2.75) is 32.4 Å². The number of rotatable bonds is 9. The highest BCUT2D eigenvalue weighted by Gasteiger charge is 2.23. The molecule has 2 heterocycles. The zero-order chi connectivity index (χ0) is 24.1. The van der Waals surface area contributed by atoms with Crippen LogP contribution in [0.15, 0.2) is 35.4 Å². The molecule has 0 bridgehead atoms. The number of carboxylic acid groups (broad SMARTS) is 2. The smallest absolute Gasteiger partial charge is 0.326 e. The van der Waals surface area contributed by atoms with Gasteiger partial charge < -0.3 is 25.4 Å². The molecule has 0 radical (unpaired) electrons. The summed E-state index contributed by atoms with van der Waals surface area (Å²) in [6.45, 7) is 2.14. The normalized spacial score (nSPS) is 11.7. The molecule has 33 heavy (non-hydrogen) atoms. The SMILES string of the molecule is Cc1nc2ccc(CN(C)c3cnc(C(=O)N[C@@H](CCC(=O)O)C(=O)O)nc3)cc2c(=O)[nH]1. The number of aliphatic carboxylic acids is 2. The van der Waals surface area contributed by atoms with Crippen molar-refractivity contribution in [3.05, 3.63) is 58.2 Å². The molecule has 0 aliphatic heterocycles. The highest BCUT2D eigenvalue weighted by Crippen LogP contribution is 2.16. The average molecular weight is 454 g/mol. The summed E-state index contributed by atoms with van der Waals surface area (Å²) in [5, 5.41) is 20.6. The molecule has 12 nitrogen and oxygen atoms in total. The summed E-state index contributed by atoms with van der Waals surface area (Å²) >= 11 is 0. The molecule has 0 saturated heterocycles. The Labute approximate surface area is 187 Å². The van der Waals surface area contributed by atoms with E-state index in [1.54, 1.807) is 26.1 Å². The van der Waals surface area contributed by atoms with Gasteiger partial charge in [-0.25, -0.2) is 19.7 Å². The summed E-state index contributed by atoms with van der Waals surface area (Å²) in [5.41, 5.74) is 1.82. The van der Waals surface area contributed by atoms with Crippen molar-refractivity contribution in [3.63, 3.8) is 0 Å². The first-order valence-electron chi connectivity index (χ1n) is 9.92. The fourth-order valence-electron chi connectivity index (χ4n) is 3.15. The van der Waals surface area contributed by atoms with Crippen LogP contribution in [0.4, 0.5) is 5.69 Å². The highest BCUT2D eigenvalue weighted by molar-refractivity contribution is 5.93. The zero-order valence-electron chi connectivity index (χ0n) is 17.9. The monoisotopic (exact) mass is 454 g/mol. The predicted octanol–water partition coefficient (Wildman–Crippen LogP) is 0.706. The Kier molecular flexibility index (Phi) is 6.96. The Morgan fingerprint density at radius 3 is 2.52 bits per heavy atom. The quantitative estimate of drug-likeness (QED) is 0.360. The van der Waals surface area contributed by atoms with Crippen molar-refractivity contribution >= 4 is 34.4 Å². The van der Waals surface area contributed by atoms with Gasteiger partial charge in [-0.2, -0.15) is 0 Å². The van der Waals surface area contributed by atoms with Gasteiger partial charge in [-0.1, -0.05) is 6.07 Å². The number of H-pyrrole nitrogens is 1. The Morgan fingerprint density at radius 1 is 1.18 bits per heavy atom. The van der Waals surface area contributed by atoms with Gasteiger partial charge in [0.25, 0.3) is 11.5 Å². The molecule has 1 amide bonds. The standard InChI is InChI=1S/C21H22N6O6/c1-11-24-15-4-3-12(7-14(15)19(30)25-11)10-27(2)13-8-22-18(23-9-13)20(31)26-16(21(32)33)5-6-17(28)29/h3-4,7-9,16H,5-6,10H2,1-2H3,(H,26,31)(H,28,29)(H,32,33)(H,24,25,30)/t16-/m0/s1. The molecular weight excluding hydrogens is 432 g/mol. The minimum Gasteiger partial charge on any atom is -0.481 e. The van der Waals surface area contributed by atoms with Crippen molar-refractivity contribution in [1.82, 2.24) is 25.3 Å². The molecule has 172 valence electrons. The van der Waals surface area contributed by atoms with Crippen molar-refractivity contribution < 1.29 is 24.6 Å². The van der Waals surface area contributed by atoms with E-state index in [1.165, 1.54) is 12.4 Å². The van der Waals surface area contributed by atoms with Crippen LogP contribution < -0.4 is 15.8 Å². The van der Waals surface area contributed by atoms with E-state index in [2.05, 4.69) is 25.3 Å². The van der Waals surface area contributed by atoms with Gasteiger partial charge in [-0.3, -0.25) is 14.4 Å². The molecule has 0 spiro atoms. The minimum absolute atomic E-state index is 0.219. The molecule has 0 saturated carbocycles. The van der Waals surface area contributed by atoms with E-state index in [4.69, 9.17) is 10.2 Å². The van der Waals surface area contributed by atoms with Gasteiger partial charge in [-0.05, 0) is 31.0 Å².